The predicted octanol–water partition coefficient (Wildman–Crippen LogP) is -2.43. The average Bonchev–Trinajstić information content (AvgIpc) is 1.82. The van der Waals surface area contributed by atoms with E-state index in [1.807, 2.05) is 0 Å². The first-order valence-corrected chi connectivity index (χ1v) is 5.28. The molecule has 1 aliphatic rings. The van der Waals surface area contributed by atoms with Crippen LogP contribution in [0.5, 0.6) is 0 Å². The first-order valence-electron chi connectivity index (χ1n) is 3.95. The minimum atomic E-state index is -5.17. The third kappa shape index (κ3) is 23.9. The minimum Gasteiger partial charge on any atom is -0.759 e. The van der Waals surface area contributed by atoms with Crippen LogP contribution >= 0.6 is 0 Å². The first-order chi connectivity index (χ1) is 5.71. The van der Waals surface area contributed by atoms with Crippen LogP contribution in [-0.2, 0) is 31.5 Å². The number of rotatable bonds is 0. The molecule has 0 aliphatic heterocycles. The van der Waals surface area contributed by atoms with Gasteiger partial charge in [-0.05, 0) is 12.8 Å². The molecule has 1 fully saturated rings. The Labute approximate surface area is 109 Å². The van der Waals surface area contributed by atoms with Crippen molar-refractivity contribution in [1.29, 1.82) is 0 Å². The second kappa shape index (κ2) is 10.5. The standard InChI is InChI=1S/C6H14N2.H2O4S.2H2O.Pt/c7-6(8)4-2-1-3-5-6;1-5(2,3)4;;;/h1-5,7-8H2;(H2,1,2,3,4);2*1H2;/q;;;;+2/p-2. The average molecular weight is 441 g/mol. The monoisotopic (exact) mass is 441 g/mol. The van der Waals surface area contributed by atoms with Gasteiger partial charge in [-0.15, -0.1) is 0 Å². The van der Waals surface area contributed by atoms with Gasteiger partial charge in [-0.3, -0.25) is 8.42 Å². The van der Waals surface area contributed by atoms with Gasteiger partial charge in [0.1, 0.15) is 0 Å². The molecule has 0 aromatic heterocycles. The fourth-order valence-electron chi connectivity index (χ4n) is 1.21. The van der Waals surface area contributed by atoms with Gasteiger partial charge in [0.15, 0.2) is 0 Å². The van der Waals surface area contributed by atoms with Gasteiger partial charge in [-0.25, -0.2) is 0 Å². The van der Waals surface area contributed by atoms with Crippen molar-refractivity contribution in [3.63, 3.8) is 0 Å². The molecule has 0 aromatic carbocycles. The van der Waals surface area contributed by atoms with E-state index in [1.54, 1.807) is 0 Å². The minimum absolute atomic E-state index is 0. The van der Waals surface area contributed by atoms with Crippen LogP contribution < -0.4 is 11.5 Å². The molecule has 1 rings (SSSR count). The zero-order chi connectivity index (χ0) is 10.5. The molecule has 0 bridgehead atoms. The van der Waals surface area contributed by atoms with E-state index in [4.69, 9.17) is 29.0 Å². The Bertz CT molecular complexity index is 229. The fraction of sp³-hybridized carbons (Fsp3) is 1.00. The van der Waals surface area contributed by atoms with E-state index in [2.05, 4.69) is 0 Å². The van der Waals surface area contributed by atoms with Crippen LogP contribution in [0.25, 0.3) is 0 Å². The van der Waals surface area contributed by atoms with Crippen molar-refractivity contribution in [2.75, 3.05) is 0 Å². The summed E-state index contributed by atoms with van der Waals surface area (Å²) in [5, 5.41) is 0. The van der Waals surface area contributed by atoms with Crippen LogP contribution in [0.4, 0.5) is 0 Å². The third-order valence-electron chi connectivity index (χ3n) is 1.78. The molecule has 1 saturated carbocycles. The van der Waals surface area contributed by atoms with E-state index in [-0.39, 0.29) is 37.7 Å². The second-order valence-electron chi connectivity index (χ2n) is 3.20. The van der Waals surface area contributed by atoms with Crippen molar-refractivity contribution >= 4 is 10.4 Å². The molecular weight excluding hydrogens is 423 g/mol. The molecule has 1 aliphatic carbocycles. The molecule has 16 heavy (non-hydrogen) atoms. The topological polar surface area (TPSA) is 195 Å². The van der Waals surface area contributed by atoms with Crippen molar-refractivity contribution in [2.24, 2.45) is 11.5 Å². The van der Waals surface area contributed by atoms with Crippen molar-refractivity contribution in [2.45, 2.75) is 37.8 Å². The molecule has 104 valence electrons. The molecule has 0 aromatic rings. The van der Waals surface area contributed by atoms with E-state index in [1.165, 1.54) is 19.3 Å². The van der Waals surface area contributed by atoms with Crippen molar-refractivity contribution in [1.82, 2.24) is 0 Å². The van der Waals surface area contributed by atoms with Crippen LogP contribution in [0, 0.1) is 0 Å². The summed E-state index contributed by atoms with van der Waals surface area (Å²) in [4.78, 5) is 0. The SMILES string of the molecule is NC1(N)CCCCC1.O.O.O=S(=O)([O-])[O-].[Pt+2]. The zero-order valence-electron chi connectivity index (χ0n) is 8.55. The van der Waals surface area contributed by atoms with Crippen LogP contribution in [0.15, 0.2) is 0 Å². The molecular formula is C6H18N2O6PtS. The molecule has 10 heteroatoms. The van der Waals surface area contributed by atoms with E-state index >= 15 is 0 Å². The Hall–Kier alpha value is 0.398. The molecule has 0 unspecified atom stereocenters. The van der Waals surface area contributed by atoms with Crippen molar-refractivity contribution in [3.05, 3.63) is 0 Å². The molecule has 8 N–H and O–H groups in total. The summed E-state index contributed by atoms with van der Waals surface area (Å²) >= 11 is 0. The Balaban J connectivity index is -0.0000000818. The van der Waals surface area contributed by atoms with E-state index in [9.17, 15) is 0 Å². The van der Waals surface area contributed by atoms with Crippen molar-refractivity contribution in [3.8, 4) is 0 Å². The van der Waals surface area contributed by atoms with E-state index in [0.29, 0.717) is 0 Å². The Morgan fingerprint density at radius 3 is 1.31 bits per heavy atom. The molecule has 0 amide bonds. The number of nitrogens with two attached hydrogens (primary N) is 2. The second-order valence-corrected chi connectivity index (χ2v) is 4.02. The summed E-state index contributed by atoms with van der Waals surface area (Å²) in [6.07, 6.45) is 5.76. The Morgan fingerprint density at radius 2 is 1.19 bits per heavy atom. The van der Waals surface area contributed by atoms with Crippen LogP contribution in [0.3, 0.4) is 0 Å². The molecule has 0 spiro atoms. The summed E-state index contributed by atoms with van der Waals surface area (Å²) in [5.41, 5.74) is 11.0. The van der Waals surface area contributed by atoms with Gasteiger partial charge in [0.05, 0.1) is 5.66 Å². The van der Waals surface area contributed by atoms with Gasteiger partial charge >= 0.3 is 21.1 Å². The quantitative estimate of drug-likeness (QED) is 0.238. The summed E-state index contributed by atoms with van der Waals surface area (Å²) in [6, 6.07) is 0. The van der Waals surface area contributed by atoms with E-state index in [0.717, 1.165) is 12.8 Å². The van der Waals surface area contributed by atoms with Crippen LogP contribution in [0.2, 0.25) is 0 Å². The molecule has 0 radical (unpaired) electrons. The summed E-state index contributed by atoms with van der Waals surface area (Å²) in [5.74, 6) is 0. The normalized spacial score (nSPS) is 17.5. The maximum absolute atomic E-state index is 8.52. The first kappa shape index (κ1) is 25.3. The Kier molecular flexibility index (Phi) is 16.7. The van der Waals surface area contributed by atoms with Gasteiger partial charge in [0.25, 0.3) is 0 Å². The van der Waals surface area contributed by atoms with Crippen LogP contribution in [0.1, 0.15) is 32.1 Å². The maximum Gasteiger partial charge on any atom is 2.00 e. The molecule has 0 atom stereocenters. The van der Waals surface area contributed by atoms with Gasteiger partial charge in [-0.2, -0.15) is 0 Å². The van der Waals surface area contributed by atoms with Crippen molar-refractivity contribution < 1.29 is 49.5 Å². The predicted molar refractivity (Wildman–Crippen MR) is 51.9 cm³/mol. The van der Waals surface area contributed by atoms with Gasteiger partial charge < -0.3 is 31.5 Å². The van der Waals surface area contributed by atoms with Gasteiger partial charge in [0, 0.05) is 10.4 Å². The largest absolute Gasteiger partial charge is 2.00 e. The Morgan fingerprint density at radius 1 is 0.938 bits per heavy atom. The fourth-order valence-corrected chi connectivity index (χ4v) is 1.21. The summed E-state index contributed by atoms with van der Waals surface area (Å²) in [6.45, 7) is 0. The van der Waals surface area contributed by atoms with E-state index < -0.39 is 10.4 Å². The molecule has 0 saturated heterocycles. The number of hydrogen-bond donors (Lipinski definition) is 2. The molecule has 0 heterocycles. The zero-order valence-corrected chi connectivity index (χ0v) is 11.6. The maximum atomic E-state index is 8.52. The smallest absolute Gasteiger partial charge is 0.759 e. The number of hydrogen-bond acceptors (Lipinski definition) is 6. The van der Waals surface area contributed by atoms with Gasteiger partial charge in [-0.1, -0.05) is 19.3 Å². The summed E-state index contributed by atoms with van der Waals surface area (Å²) in [7, 11) is -5.17. The van der Waals surface area contributed by atoms with Gasteiger partial charge in [0.2, 0.25) is 0 Å². The van der Waals surface area contributed by atoms with Crippen LogP contribution in [-0.4, -0.2) is 34.1 Å². The molecule has 8 nitrogen and oxygen atoms in total. The summed E-state index contributed by atoms with van der Waals surface area (Å²) < 4.78 is 34.1. The third-order valence-corrected chi connectivity index (χ3v) is 1.78.